The summed E-state index contributed by atoms with van der Waals surface area (Å²) < 4.78 is 5.48. The molecule has 1 aliphatic rings. The van der Waals surface area contributed by atoms with Gasteiger partial charge in [-0.1, -0.05) is 57.2 Å². The lowest BCUT2D eigenvalue weighted by atomic mass is 9.93. The van der Waals surface area contributed by atoms with Gasteiger partial charge in [0.25, 0.3) is 5.91 Å². The molecule has 0 spiro atoms. The number of ether oxygens (including phenoxy) is 1. The van der Waals surface area contributed by atoms with Gasteiger partial charge in [-0.05, 0) is 94.5 Å². The molecule has 0 heterocycles. The molecule has 0 aliphatic heterocycles. The number of benzene rings is 2. The van der Waals surface area contributed by atoms with Gasteiger partial charge in [0.1, 0.15) is 17.7 Å². The van der Waals surface area contributed by atoms with Crippen LogP contribution in [0.2, 0.25) is 0 Å². The average molecular weight is 536 g/mol. The molecule has 3 amide bonds. The molecule has 2 aromatic carbocycles. The van der Waals surface area contributed by atoms with Gasteiger partial charge in [0.05, 0.1) is 0 Å². The van der Waals surface area contributed by atoms with Crippen LogP contribution in [-0.2, 0) is 14.3 Å². The van der Waals surface area contributed by atoms with E-state index in [1.807, 2.05) is 77.9 Å². The summed E-state index contributed by atoms with van der Waals surface area (Å²) in [6.45, 7) is 19.1. The minimum Gasteiger partial charge on any atom is -0.444 e. The molecule has 4 unspecified atom stereocenters. The van der Waals surface area contributed by atoms with Crippen molar-refractivity contribution in [2.45, 2.75) is 99.4 Å². The molecule has 7 heteroatoms. The van der Waals surface area contributed by atoms with E-state index in [4.69, 9.17) is 4.74 Å². The SMILES string of the molecule is Cc1cccc(C(C(=O)Nc2c(C)cccc2C)N(C(=O)C(NC(=O)OC(C)(C)C)C(C)C)C2CC2C)c1C. The van der Waals surface area contributed by atoms with Crippen LogP contribution in [-0.4, -0.2) is 40.5 Å². The zero-order valence-electron chi connectivity index (χ0n) is 25.1. The van der Waals surface area contributed by atoms with Crippen LogP contribution in [0.15, 0.2) is 36.4 Å². The van der Waals surface area contributed by atoms with Gasteiger partial charge in [-0.15, -0.1) is 0 Å². The Balaban J connectivity index is 2.10. The lowest BCUT2D eigenvalue weighted by Gasteiger charge is -2.37. The van der Waals surface area contributed by atoms with Crippen molar-refractivity contribution < 1.29 is 19.1 Å². The number of nitrogens with zero attached hydrogens (tertiary/aromatic N) is 1. The van der Waals surface area contributed by atoms with E-state index in [0.29, 0.717) is 0 Å². The molecular weight excluding hydrogens is 490 g/mol. The summed E-state index contributed by atoms with van der Waals surface area (Å²) in [5.74, 6) is -0.535. The molecule has 4 atom stereocenters. The molecule has 2 aromatic rings. The van der Waals surface area contributed by atoms with Crippen LogP contribution in [0.25, 0.3) is 0 Å². The summed E-state index contributed by atoms with van der Waals surface area (Å²) in [6.07, 6.45) is 0.141. The van der Waals surface area contributed by atoms with Crippen molar-refractivity contribution in [2.75, 3.05) is 5.32 Å². The lowest BCUT2D eigenvalue weighted by molar-refractivity contribution is -0.142. The van der Waals surface area contributed by atoms with Crippen molar-refractivity contribution in [1.82, 2.24) is 10.2 Å². The summed E-state index contributed by atoms with van der Waals surface area (Å²) in [5, 5.41) is 5.96. The Morgan fingerprint density at radius 3 is 2.00 bits per heavy atom. The molecule has 39 heavy (non-hydrogen) atoms. The molecule has 0 bridgehead atoms. The van der Waals surface area contributed by atoms with E-state index in [-0.39, 0.29) is 29.7 Å². The second-order valence-electron chi connectivity index (χ2n) is 12.3. The van der Waals surface area contributed by atoms with Crippen LogP contribution in [0.1, 0.15) is 81.8 Å². The normalized spacial score (nSPS) is 18.2. The number of carbonyl (C=O) groups excluding carboxylic acids is 3. The second-order valence-corrected chi connectivity index (χ2v) is 12.3. The number of amides is 3. The minimum absolute atomic E-state index is 0.118. The smallest absolute Gasteiger partial charge is 0.408 e. The quantitative estimate of drug-likeness (QED) is 0.410. The minimum atomic E-state index is -0.868. The Kier molecular flexibility index (Phi) is 9.14. The highest BCUT2D eigenvalue weighted by Gasteiger charge is 2.49. The van der Waals surface area contributed by atoms with E-state index in [9.17, 15) is 14.4 Å². The van der Waals surface area contributed by atoms with E-state index >= 15 is 0 Å². The molecule has 1 saturated carbocycles. The lowest BCUT2D eigenvalue weighted by Crippen LogP contribution is -2.55. The first kappa shape index (κ1) is 30.2. The molecular formula is C32H45N3O4. The van der Waals surface area contributed by atoms with E-state index in [0.717, 1.165) is 39.9 Å². The number of para-hydroxylation sites is 1. The third-order valence-electron chi connectivity index (χ3n) is 7.48. The molecule has 1 fully saturated rings. The van der Waals surface area contributed by atoms with Gasteiger partial charge in [0, 0.05) is 11.7 Å². The maximum Gasteiger partial charge on any atom is 0.408 e. The average Bonchev–Trinajstić information content (AvgIpc) is 3.54. The van der Waals surface area contributed by atoms with Crippen LogP contribution in [0.5, 0.6) is 0 Å². The fraction of sp³-hybridized carbons (Fsp3) is 0.531. The van der Waals surface area contributed by atoms with Crippen LogP contribution in [0.4, 0.5) is 10.5 Å². The van der Waals surface area contributed by atoms with Crippen molar-refractivity contribution in [3.8, 4) is 0 Å². The molecule has 3 rings (SSSR count). The predicted molar refractivity (Wildman–Crippen MR) is 156 cm³/mol. The van der Waals surface area contributed by atoms with Crippen LogP contribution >= 0.6 is 0 Å². The summed E-state index contributed by atoms with van der Waals surface area (Å²) in [7, 11) is 0. The topological polar surface area (TPSA) is 87.7 Å². The van der Waals surface area contributed by atoms with Crippen LogP contribution < -0.4 is 10.6 Å². The first-order chi connectivity index (χ1) is 18.1. The van der Waals surface area contributed by atoms with Crippen molar-refractivity contribution in [1.29, 1.82) is 0 Å². The first-order valence-corrected chi connectivity index (χ1v) is 13.9. The fourth-order valence-electron chi connectivity index (χ4n) is 4.97. The highest BCUT2D eigenvalue weighted by molar-refractivity contribution is 6.00. The van der Waals surface area contributed by atoms with Gasteiger partial charge < -0.3 is 20.3 Å². The number of rotatable bonds is 8. The molecule has 0 saturated heterocycles. The van der Waals surface area contributed by atoms with Gasteiger partial charge in [0.15, 0.2) is 0 Å². The number of anilines is 1. The third-order valence-corrected chi connectivity index (χ3v) is 7.48. The number of carbonyl (C=O) groups is 3. The van der Waals surface area contributed by atoms with Gasteiger partial charge in [-0.2, -0.15) is 0 Å². The highest BCUT2D eigenvalue weighted by atomic mass is 16.6. The summed E-state index contributed by atoms with van der Waals surface area (Å²) in [6, 6.07) is 9.90. The fourth-order valence-corrected chi connectivity index (χ4v) is 4.97. The number of hydrogen-bond donors (Lipinski definition) is 2. The Morgan fingerprint density at radius 2 is 1.49 bits per heavy atom. The standard InChI is InChI=1S/C32H45N3O4/c1-18(2)26(34-31(38)39-32(8,9)10)30(37)35(25-17-22(25)6)28(24-16-12-13-19(3)23(24)7)29(36)33-27-20(4)14-11-15-21(27)5/h11-16,18,22,25-26,28H,17H2,1-10H3,(H,33,36)(H,34,38). The molecule has 0 radical (unpaired) electrons. The van der Waals surface area contributed by atoms with E-state index in [1.165, 1.54) is 0 Å². The highest BCUT2D eigenvalue weighted by Crippen LogP contribution is 2.42. The monoisotopic (exact) mass is 535 g/mol. The predicted octanol–water partition coefficient (Wildman–Crippen LogP) is 6.39. The Labute approximate surface area is 233 Å². The van der Waals surface area contributed by atoms with E-state index in [1.54, 1.807) is 25.7 Å². The first-order valence-electron chi connectivity index (χ1n) is 13.9. The van der Waals surface area contributed by atoms with Crippen molar-refractivity contribution in [3.63, 3.8) is 0 Å². The zero-order chi connectivity index (χ0) is 29.2. The third kappa shape index (κ3) is 7.20. The van der Waals surface area contributed by atoms with Crippen molar-refractivity contribution in [3.05, 3.63) is 64.2 Å². The Morgan fingerprint density at radius 1 is 0.949 bits per heavy atom. The number of alkyl carbamates (subject to hydrolysis) is 1. The maximum atomic E-state index is 14.4. The summed E-state index contributed by atoms with van der Waals surface area (Å²) in [4.78, 5) is 43.1. The second kappa shape index (κ2) is 11.8. The van der Waals surface area contributed by atoms with Gasteiger partial charge in [-0.3, -0.25) is 9.59 Å². The van der Waals surface area contributed by atoms with Gasteiger partial charge in [0.2, 0.25) is 5.91 Å². The molecule has 1 aliphatic carbocycles. The molecule has 0 aromatic heterocycles. The number of hydrogen-bond acceptors (Lipinski definition) is 4. The van der Waals surface area contributed by atoms with Crippen LogP contribution in [0.3, 0.4) is 0 Å². The maximum absolute atomic E-state index is 14.4. The zero-order valence-corrected chi connectivity index (χ0v) is 25.1. The van der Waals surface area contributed by atoms with E-state index in [2.05, 4.69) is 17.6 Å². The van der Waals surface area contributed by atoms with E-state index < -0.39 is 23.8 Å². The largest absolute Gasteiger partial charge is 0.444 e. The Bertz CT molecular complexity index is 1210. The summed E-state index contributed by atoms with van der Waals surface area (Å²) in [5.41, 5.74) is 4.74. The molecule has 212 valence electrons. The number of aryl methyl sites for hydroxylation is 3. The van der Waals surface area contributed by atoms with Crippen LogP contribution in [0, 0.1) is 39.5 Å². The van der Waals surface area contributed by atoms with Crippen molar-refractivity contribution >= 4 is 23.6 Å². The van der Waals surface area contributed by atoms with Crippen molar-refractivity contribution in [2.24, 2.45) is 11.8 Å². The van der Waals surface area contributed by atoms with Gasteiger partial charge >= 0.3 is 6.09 Å². The molecule has 2 N–H and O–H groups in total. The molecule has 7 nitrogen and oxygen atoms in total. The number of nitrogens with one attached hydrogen (secondary N) is 2. The van der Waals surface area contributed by atoms with Gasteiger partial charge in [-0.25, -0.2) is 4.79 Å². The summed E-state index contributed by atoms with van der Waals surface area (Å²) >= 11 is 0. The Hall–Kier alpha value is -3.35.